The van der Waals surface area contributed by atoms with Gasteiger partial charge in [0.15, 0.2) is 6.29 Å². The van der Waals surface area contributed by atoms with E-state index in [1.165, 1.54) is 6.07 Å². The van der Waals surface area contributed by atoms with Gasteiger partial charge in [-0.25, -0.2) is 9.18 Å². The fourth-order valence-electron chi connectivity index (χ4n) is 8.07. The molecule has 0 bridgehead atoms. The van der Waals surface area contributed by atoms with Gasteiger partial charge >= 0.3 is 5.97 Å². The summed E-state index contributed by atoms with van der Waals surface area (Å²) in [5.41, 5.74) is 0.859. The average Bonchev–Trinajstić information content (AvgIpc) is 3.37. The van der Waals surface area contributed by atoms with Crippen molar-refractivity contribution in [1.82, 2.24) is 0 Å². The summed E-state index contributed by atoms with van der Waals surface area (Å²) in [5.74, 6) is 0.252. The lowest BCUT2D eigenvalue weighted by molar-refractivity contribution is -0.315. The van der Waals surface area contributed by atoms with Gasteiger partial charge in [0.1, 0.15) is 12.4 Å². The molecule has 3 aliphatic heterocycles. The van der Waals surface area contributed by atoms with Gasteiger partial charge in [-0.1, -0.05) is 32.0 Å². The number of carbonyl (C=O) groups excluding carboxylic acids is 1. The fourth-order valence-corrected chi connectivity index (χ4v) is 8.07. The summed E-state index contributed by atoms with van der Waals surface area (Å²) < 4.78 is 38.8. The van der Waals surface area contributed by atoms with E-state index >= 15 is 0 Å². The van der Waals surface area contributed by atoms with E-state index in [1.54, 1.807) is 12.1 Å². The van der Waals surface area contributed by atoms with Crippen LogP contribution in [0.15, 0.2) is 35.9 Å². The molecule has 1 aromatic rings. The number of benzene rings is 1. The lowest BCUT2D eigenvalue weighted by Gasteiger charge is -2.64. The second-order valence-electron chi connectivity index (χ2n) is 11.4. The minimum Gasteiger partial charge on any atom is -0.458 e. The van der Waals surface area contributed by atoms with Crippen LogP contribution in [0.3, 0.4) is 0 Å². The van der Waals surface area contributed by atoms with Crippen LogP contribution in [0.2, 0.25) is 0 Å². The van der Waals surface area contributed by atoms with Gasteiger partial charge in [-0.2, -0.15) is 0 Å². The highest BCUT2D eigenvalue weighted by Gasteiger charge is 2.66. The maximum absolute atomic E-state index is 14.4. The van der Waals surface area contributed by atoms with Crippen molar-refractivity contribution in [2.24, 2.45) is 22.7 Å². The van der Waals surface area contributed by atoms with Crippen molar-refractivity contribution in [2.45, 2.75) is 77.0 Å². The van der Waals surface area contributed by atoms with Crippen molar-refractivity contribution in [3.8, 4) is 0 Å². The number of esters is 1. The average molecular weight is 457 g/mol. The minimum absolute atomic E-state index is 0.0314. The predicted molar refractivity (Wildman–Crippen MR) is 119 cm³/mol. The van der Waals surface area contributed by atoms with Gasteiger partial charge in [0.2, 0.25) is 0 Å². The first-order valence-electron chi connectivity index (χ1n) is 12.3. The largest absolute Gasteiger partial charge is 0.458 e. The molecule has 2 saturated carbocycles. The zero-order valence-electron chi connectivity index (χ0n) is 19.6. The quantitative estimate of drug-likeness (QED) is 0.580. The Morgan fingerprint density at radius 2 is 1.85 bits per heavy atom. The summed E-state index contributed by atoms with van der Waals surface area (Å²) in [7, 11) is 0. The molecule has 0 amide bonds. The number of carbonyl (C=O) groups is 1. The summed E-state index contributed by atoms with van der Waals surface area (Å²) in [5, 5.41) is 0. The molecule has 6 rings (SSSR count). The Morgan fingerprint density at radius 1 is 1.03 bits per heavy atom. The topological polar surface area (TPSA) is 54.0 Å². The molecular weight excluding hydrogens is 423 g/mol. The van der Waals surface area contributed by atoms with Gasteiger partial charge in [-0.3, -0.25) is 0 Å². The molecule has 0 N–H and O–H groups in total. The normalized spacial score (nSPS) is 46.7. The van der Waals surface area contributed by atoms with Gasteiger partial charge in [0, 0.05) is 11.0 Å². The SMILES string of the molecule is CC12CCC3C4(C)COC(c5ccccc5F)OC4CCC3(C)C1CC(C1=CCOC1=O)O2. The summed E-state index contributed by atoms with van der Waals surface area (Å²) >= 11 is 0. The van der Waals surface area contributed by atoms with Crippen LogP contribution in [0.4, 0.5) is 4.39 Å². The minimum atomic E-state index is -0.651. The molecule has 0 radical (unpaired) electrons. The molecule has 2 aliphatic carbocycles. The van der Waals surface area contributed by atoms with E-state index in [-0.39, 0.29) is 40.4 Å². The lowest BCUT2D eigenvalue weighted by atomic mass is 9.44. The number of hydrogen-bond donors (Lipinski definition) is 0. The molecule has 8 atom stereocenters. The zero-order valence-corrected chi connectivity index (χ0v) is 19.6. The Bertz CT molecular complexity index is 1010. The van der Waals surface area contributed by atoms with Crippen LogP contribution in [0.1, 0.15) is 64.7 Å². The Balaban J connectivity index is 1.26. The van der Waals surface area contributed by atoms with Crippen molar-refractivity contribution >= 4 is 5.97 Å². The maximum Gasteiger partial charge on any atom is 0.336 e. The summed E-state index contributed by atoms with van der Waals surface area (Å²) in [4.78, 5) is 12.2. The maximum atomic E-state index is 14.4. The summed E-state index contributed by atoms with van der Waals surface area (Å²) in [6, 6.07) is 6.72. The van der Waals surface area contributed by atoms with Crippen molar-refractivity contribution in [2.75, 3.05) is 13.2 Å². The first-order valence-corrected chi connectivity index (χ1v) is 12.3. The van der Waals surface area contributed by atoms with Crippen LogP contribution in [0.5, 0.6) is 0 Å². The molecule has 178 valence electrons. The molecule has 8 unspecified atom stereocenters. The standard InChI is InChI=1S/C27H33FO5/c1-25-11-9-22-26(2,15-31-24(32-22)16-6-4-5-7-18(16)28)20(25)8-12-27(3)21(25)14-19(33-27)17-10-13-30-23(17)29/h4-7,10,19-22,24H,8-9,11-15H2,1-3H3. The third-order valence-corrected chi connectivity index (χ3v) is 9.69. The van der Waals surface area contributed by atoms with Crippen LogP contribution < -0.4 is 0 Å². The second kappa shape index (κ2) is 7.37. The first-order chi connectivity index (χ1) is 15.7. The Labute approximate surface area is 194 Å². The van der Waals surface area contributed by atoms with Crippen LogP contribution >= 0.6 is 0 Å². The van der Waals surface area contributed by atoms with E-state index < -0.39 is 6.29 Å². The lowest BCUT2D eigenvalue weighted by Crippen LogP contribution is -2.63. The number of cyclic esters (lactones) is 1. The van der Waals surface area contributed by atoms with Gasteiger partial charge in [0.05, 0.1) is 30.0 Å². The molecule has 33 heavy (non-hydrogen) atoms. The van der Waals surface area contributed by atoms with Gasteiger partial charge in [-0.15, -0.1) is 0 Å². The highest BCUT2D eigenvalue weighted by Crippen LogP contribution is 2.67. The number of rotatable bonds is 2. The third-order valence-electron chi connectivity index (χ3n) is 9.69. The van der Waals surface area contributed by atoms with Crippen LogP contribution in [0.25, 0.3) is 0 Å². The predicted octanol–water partition coefficient (Wildman–Crippen LogP) is 5.10. The molecule has 4 fully saturated rings. The Kier molecular flexibility index (Phi) is 4.86. The van der Waals surface area contributed by atoms with Crippen molar-refractivity contribution in [3.63, 3.8) is 0 Å². The number of halogens is 1. The van der Waals surface area contributed by atoms with Gasteiger partial charge in [0.25, 0.3) is 0 Å². The number of fused-ring (bicyclic) bond motifs is 5. The van der Waals surface area contributed by atoms with Gasteiger partial charge < -0.3 is 18.9 Å². The first kappa shape index (κ1) is 21.8. The van der Waals surface area contributed by atoms with Crippen LogP contribution in [0, 0.1) is 28.5 Å². The molecule has 0 spiro atoms. The van der Waals surface area contributed by atoms with Crippen LogP contribution in [-0.2, 0) is 23.7 Å². The smallest absolute Gasteiger partial charge is 0.336 e. The molecule has 2 saturated heterocycles. The number of ether oxygens (including phenoxy) is 4. The van der Waals surface area contributed by atoms with Crippen molar-refractivity contribution in [1.29, 1.82) is 0 Å². The second-order valence-corrected chi connectivity index (χ2v) is 11.4. The molecule has 0 aromatic heterocycles. The fraction of sp³-hybridized carbons (Fsp3) is 0.667. The van der Waals surface area contributed by atoms with Crippen molar-refractivity contribution in [3.05, 3.63) is 47.3 Å². The van der Waals surface area contributed by atoms with Gasteiger partial charge in [-0.05, 0) is 68.4 Å². The molecule has 1 aromatic carbocycles. The van der Waals surface area contributed by atoms with E-state index in [0.29, 0.717) is 36.2 Å². The summed E-state index contributed by atoms with van der Waals surface area (Å²) in [6.07, 6.45) is 5.87. The van der Waals surface area contributed by atoms with E-state index in [2.05, 4.69) is 20.8 Å². The van der Waals surface area contributed by atoms with E-state index in [0.717, 1.165) is 32.1 Å². The Hall–Kier alpha value is -1.76. The highest BCUT2D eigenvalue weighted by atomic mass is 19.1. The monoisotopic (exact) mass is 456 g/mol. The Morgan fingerprint density at radius 3 is 2.61 bits per heavy atom. The van der Waals surface area contributed by atoms with E-state index in [4.69, 9.17) is 18.9 Å². The van der Waals surface area contributed by atoms with Crippen molar-refractivity contribution < 1.29 is 28.1 Å². The molecule has 3 heterocycles. The van der Waals surface area contributed by atoms with E-state index in [9.17, 15) is 9.18 Å². The number of hydrogen-bond acceptors (Lipinski definition) is 5. The summed E-state index contributed by atoms with van der Waals surface area (Å²) in [6.45, 7) is 7.85. The molecule has 5 aliphatic rings. The van der Waals surface area contributed by atoms with Crippen LogP contribution in [-0.4, -0.2) is 37.0 Å². The van der Waals surface area contributed by atoms with E-state index in [1.807, 2.05) is 12.1 Å². The highest BCUT2D eigenvalue weighted by molar-refractivity contribution is 5.91. The molecule has 6 heteroatoms. The zero-order chi connectivity index (χ0) is 23.0. The molecule has 5 nitrogen and oxygen atoms in total. The third kappa shape index (κ3) is 3.10. The molecular formula is C27H33FO5.